The third-order valence-corrected chi connectivity index (χ3v) is 3.23. The first kappa shape index (κ1) is 11.4. The number of anilines is 1. The van der Waals surface area contributed by atoms with Crippen molar-refractivity contribution in [3.05, 3.63) is 30.5 Å². The van der Waals surface area contributed by atoms with Gasteiger partial charge in [0.05, 0.1) is 12.3 Å². The van der Waals surface area contributed by atoms with Crippen LogP contribution in [0.15, 0.2) is 30.5 Å². The molecule has 3 rings (SSSR count). The number of para-hydroxylation sites is 1. The summed E-state index contributed by atoms with van der Waals surface area (Å²) in [6.45, 7) is 1.38. The van der Waals surface area contributed by atoms with E-state index in [9.17, 15) is 0 Å². The Labute approximate surface area is 106 Å². The highest BCUT2D eigenvalue weighted by Gasteiger charge is 2.24. The molecule has 18 heavy (non-hydrogen) atoms. The molecule has 2 aliphatic rings. The van der Waals surface area contributed by atoms with E-state index in [1.807, 2.05) is 18.2 Å². The minimum atomic E-state index is -0.260. The van der Waals surface area contributed by atoms with Crippen molar-refractivity contribution in [3.8, 4) is 11.5 Å². The Hall–Kier alpha value is -1.68. The standard InChI is InChI=1S/C14H17NO3/c16-9-11-10-17-14-12(5-4-6-13(14)18-11)15-7-2-1-3-8-15/h2,4-7,11,16H,1,3,8-10H2. The van der Waals surface area contributed by atoms with Crippen LogP contribution in [-0.2, 0) is 0 Å². The largest absolute Gasteiger partial charge is 0.484 e. The molecule has 1 unspecified atom stereocenters. The van der Waals surface area contributed by atoms with E-state index >= 15 is 0 Å². The number of hydrogen-bond donors (Lipinski definition) is 1. The number of ether oxygens (including phenoxy) is 2. The molecule has 1 aromatic carbocycles. The Bertz CT molecular complexity index is 458. The van der Waals surface area contributed by atoms with Crippen LogP contribution in [0.4, 0.5) is 5.69 Å². The van der Waals surface area contributed by atoms with Crippen molar-refractivity contribution in [2.24, 2.45) is 0 Å². The quantitative estimate of drug-likeness (QED) is 0.867. The molecular weight excluding hydrogens is 230 g/mol. The molecule has 0 radical (unpaired) electrons. The van der Waals surface area contributed by atoms with Gasteiger partial charge in [0.1, 0.15) is 6.61 Å². The van der Waals surface area contributed by atoms with Crippen molar-refractivity contribution in [3.63, 3.8) is 0 Å². The van der Waals surface area contributed by atoms with Crippen LogP contribution in [0, 0.1) is 0 Å². The van der Waals surface area contributed by atoms with E-state index in [1.165, 1.54) is 0 Å². The molecule has 0 aromatic heterocycles. The lowest BCUT2D eigenvalue weighted by atomic mass is 10.1. The van der Waals surface area contributed by atoms with Gasteiger partial charge in [-0.25, -0.2) is 0 Å². The average Bonchev–Trinajstić information content (AvgIpc) is 2.47. The molecule has 0 saturated carbocycles. The van der Waals surface area contributed by atoms with Crippen LogP contribution in [0.5, 0.6) is 11.5 Å². The summed E-state index contributed by atoms with van der Waals surface area (Å²) < 4.78 is 11.4. The number of aliphatic hydroxyl groups is 1. The van der Waals surface area contributed by atoms with Gasteiger partial charge >= 0.3 is 0 Å². The summed E-state index contributed by atoms with van der Waals surface area (Å²) >= 11 is 0. The highest BCUT2D eigenvalue weighted by atomic mass is 16.6. The molecule has 4 heteroatoms. The Kier molecular flexibility index (Phi) is 3.11. The van der Waals surface area contributed by atoms with Crippen molar-refractivity contribution in [2.75, 3.05) is 24.7 Å². The number of fused-ring (bicyclic) bond motifs is 1. The molecule has 0 amide bonds. The molecule has 0 saturated heterocycles. The van der Waals surface area contributed by atoms with E-state index < -0.39 is 0 Å². The highest BCUT2D eigenvalue weighted by Crippen LogP contribution is 2.41. The van der Waals surface area contributed by atoms with Crippen LogP contribution >= 0.6 is 0 Å². The van der Waals surface area contributed by atoms with Gasteiger partial charge in [-0.3, -0.25) is 0 Å². The Morgan fingerprint density at radius 1 is 1.39 bits per heavy atom. The van der Waals surface area contributed by atoms with Crippen molar-refractivity contribution < 1.29 is 14.6 Å². The van der Waals surface area contributed by atoms with Gasteiger partial charge in [0.2, 0.25) is 0 Å². The fourth-order valence-electron chi connectivity index (χ4n) is 2.30. The SMILES string of the molecule is OCC1COc2c(cccc2N2C=CCCC2)O1. The van der Waals surface area contributed by atoms with Gasteiger partial charge in [0.15, 0.2) is 17.6 Å². The number of benzene rings is 1. The fraction of sp³-hybridized carbons (Fsp3) is 0.429. The third kappa shape index (κ3) is 2.04. The predicted molar refractivity (Wildman–Crippen MR) is 69.2 cm³/mol. The minimum Gasteiger partial charge on any atom is -0.484 e. The molecule has 0 fully saturated rings. The lowest BCUT2D eigenvalue weighted by Crippen LogP contribution is -2.33. The van der Waals surface area contributed by atoms with Crippen molar-refractivity contribution in [1.29, 1.82) is 0 Å². The Morgan fingerprint density at radius 3 is 3.11 bits per heavy atom. The van der Waals surface area contributed by atoms with E-state index in [-0.39, 0.29) is 12.7 Å². The van der Waals surface area contributed by atoms with Gasteiger partial charge in [-0.15, -0.1) is 0 Å². The van der Waals surface area contributed by atoms with Crippen LogP contribution in [-0.4, -0.2) is 31.0 Å². The van der Waals surface area contributed by atoms with Crippen LogP contribution in [0.2, 0.25) is 0 Å². The Morgan fingerprint density at radius 2 is 2.33 bits per heavy atom. The van der Waals surface area contributed by atoms with Crippen molar-refractivity contribution >= 4 is 5.69 Å². The lowest BCUT2D eigenvalue weighted by Gasteiger charge is -2.31. The topological polar surface area (TPSA) is 41.9 Å². The number of hydrogen-bond acceptors (Lipinski definition) is 4. The second-order valence-electron chi connectivity index (χ2n) is 4.56. The molecular formula is C14H17NO3. The second-order valence-corrected chi connectivity index (χ2v) is 4.56. The van der Waals surface area contributed by atoms with E-state index in [0.717, 1.165) is 36.6 Å². The van der Waals surface area contributed by atoms with E-state index in [2.05, 4.69) is 17.2 Å². The summed E-state index contributed by atoms with van der Waals surface area (Å²) in [6.07, 6.45) is 6.30. The summed E-state index contributed by atoms with van der Waals surface area (Å²) in [5.74, 6) is 1.51. The van der Waals surface area contributed by atoms with Gasteiger partial charge in [0, 0.05) is 12.7 Å². The maximum Gasteiger partial charge on any atom is 0.185 e. The first-order chi connectivity index (χ1) is 8.88. The van der Waals surface area contributed by atoms with E-state index in [0.29, 0.717) is 6.61 Å². The summed E-state index contributed by atoms with van der Waals surface area (Å²) in [7, 11) is 0. The molecule has 1 atom stereocenters. The summed E-state index contributed by atoms with van der Waals surface area (Å²) in [5, 5.41) is 9.11. The zero-order chi connectivity index (χ0) is 12.4. The first-order valence-corrected chi connectivity index (χ1v) is 6.35. The number of allylic oxidation sites excluding steroid dienone is 1. The van der Waals surface area contributed by atoms with Crippen LogP contribution in [0.1, 0.15) is 12.8 Å². The monoisotopic (exact) mass is 247 g/mol. The van der Waals surface area contributed by atoms with E-state index in [4.69, 9.17) is 14.6 Å². The normalized spacial score (nSPS) is 22.1. The average molecular weight is 247 g/mol. The molecule has 4 nitrogen and oxygen atoms in total. The molecule has 2 aliphatic heterocycles. The van der Waals surface area contributed by atoms with E-state index in [1.54, 1.807) is 0 Å². The minimum absolute atomic E-state index is 0.0206. The van der Waals surface area contributed by atoms with Crippen LogP contribution in [0.25, 0.3) is 0 Å². The van der Waals surface area contributed by atoms with Crippen LogP contribution < -0.4 is 14.4 Å². The summed E-state index contributed by atoms with van der Waals surface area (Å²) in [6, 6.07) is 5.88. The molecule has 1 aromatic rings. The number of aliphatic hydroxyl groups excluding tert-OH is 1. The predicted octanol–water partition coefficient (Wildman–Crippen LogP) is 1.93. The lowest BCUT2D eigenvalue weighted by molar-refractivity contribution is 0.0460. The molecule has 96 valence electrons. The zero-order valence-electron chi connectivity index (χ0n) is 10.2. The zero-order valence-corrected chi connectivity index (χ0v) is 10.2. The van der Waals surface area contributed by atoms with Gasteiger partial charge in [-0.05, 0) is 25.0 Å². The molecule has 1 N–H and O–H groups in total. The van der Waals surface area contributed by atoms with Gasteiger partial charge in [-0.2, -0.15) is 0 Å². The summed E-state index contributed by atoms with van der Waals surface area (Å²) in [5.41, 5.74) is 1.04. The molecule has 2 heterocycles. The van der Waals surface area contributed by atoms with Crippen LogP contribution in [0.3, 0.4) is 0 Å². The number of rotatable bonds is 2. The maximum atomic E-state index is 9.11. The maximum absolute atomic E-state index is 9.11. The van der Waals surface area contributed by atoms with Crippen molar-refractivity contribution in [1.82, 2.24) is 0 Å². The first-order valence-electron chi connectivity index (χ1n) is 6.35. The Balaban J connectivity index is 1.92. The molecule has 0 bridgehead atoms. The van der Waals surface area contributed by atoms with Gasteiger partial charge in [-0.1, -0.05) is 12.1 Å². The van der Waals surface area contributed by atoms with Gasteiger partial charge in [0.25, 0.3) is 0 Å². The second kappa shape index (κ2) is 4.90. The van der Waals surface area contributed by atoms with Crippen molar-refractivity contribution in [2.45, 2.75) is 18.9 Å². The number of nitrogens with zero attached hydrogens (tertiary/aromatic N) is 1. The molecule has 0 aliphatic carbocycles. The third-order valence-electron chi connectivity index (χ3n) is 3.23. The summed E-state index contributed by atoms with van der Waals surface area (Å²) in [4.78, 5) is 2.19. The fourth-order valence-corrected chi connectivity index (χ4v) is 2.30. The van der Waals surface area contributed by atoms with Gasteiger partial charge < -0.3 is 19.5 Å². The highest BCUT2D eigenvalue weighted by molar-refractivity contribution is 5.66. The smallest absolute Gasteiger partial charge is 0.185 e. The molecule has 0 spiro atoms.